The van der Waals surface area contributed by atoms with Crippen molar-refractivity contribution >= 4 is 35.3 Å². The predicted molar refractivity (Wildman–Crippen MR) is 123 cm³/mol. The molecule has 0 spiro atoms. The SMILES string of the molecule is Cc1ccc(NC(=O)COc2ccc(/C=N/NC(=O)c3ccc(Cl)cc3)cc2)c(C)c1. The van der Waals surface area contributed by atoms with Crippen molar-refractivity contribution in [3.63, 3.8) is 0 Å². The molecule has 7 heteroatoms. The van der Waals surface area contributed by atoms with Crippen molar-refractivity contribution in [3.8, 4) is 5.75 Å². The Balaban J connectivity index is 1.47. The molecule has 0 aromatic heterocycles. The van der Waals surface area contributed by atoms with E-state index in [0.29, 0.717) is 16.3 Å². The highest BCUT2D eigenvalue weighted by Gasteiger charge is 2.06. The summed E-state index contributed by atoms with van der Waals surface area (Å²) in [6, 6.07) is 19.4. The van der Waals surface area contributed by atoms with E-state index in [2.05, 4.69) is 15.8 Å². The van der Waals surface area contributed by atoms with Gasteiger partial charge in [0.1, 0.15) is 5.75 Å². The summed E-state index contributed by atoms with van der Waals surface area (Å²) in [6.45, 7) is 3.85. The maximum atomic E-state index is 12.1. The summed E-state index contributed by atoms with van der Waals surface area (Å²) in [6.07, 6.45) is 1.52. The van der Waals surface area contributed by atoms with Crippen molar-refractivity contribution < 1.29 is 14.3 Å². The second kappa shape index (κ2) is 10.4. The first-order valence-electron chi connectivity index (χ1n) is 9.59. The molecule has 2 amide bonds. The Kier molecular flexibility index (Phi) is 7.40. The molecular weight excluding hydrogens is 414 g/mol. The van der Waals surface area contributed by atoms with Crippen LogP contribution in [0.5, 0.6) is 5.75 Å². The Morgan fingerprint density at radius 3 is 2.39 bits per heavy atom. The van der Waals surface area contributed by atoms with Crippen LogP contribution in [-0.2, 0) is 4.79 Å². The van der Waals surface area contributed by atoms with Gasteiger partial charge in [-0.15, -0.1) is 0 Å². The van der Waals surface area contributed by atoms with Gasteiger partial charge in [0.2, 0.25) is 0 Å². The molecule has 0 aliphatic carbocycles. The van der Waals surface area contributed by atoms with Crippen molar-refractivity contribution in [2.45, 2.75) is 13.8 Å². The van der Waals surface area contributed by atoms with E-state index < -0.39 is 0 Å². The number of benzene rings is 3. The monoisotopic (exact) mass is 435 g/mol. The number of amides is 2. The van der Waals surface area contributed by atoms with Crippen LogP contribution in [0.25, 0.3) is 0 Å². The number of hydrazone groups is 1. The van der Waals surface area contributed by atoms with Crippen molar-refractivity contribution in [2.24, 2.45) is 5.10 Å². The standard InChI is InChI=1S/C24H22ClN3O3/c1-16-3-12-22(17(2)13-16)27-23(29)15-31-21-10-4-18(5-11-21)14-26-28-24(30)19-6-8-20(25)9-7-19/h3-14H,15H2,1-2H3,(H,27,29)(H,28,30)/b26-14+. The average molecular weight is 436 g/mol. The van der Waals surface area contributed by atoms with E-state index >= 15 is 0 Å². The van der Waals surface area contributed by atoms with E-state index in [1.54, 1.807) is 48.5 Å². The first-order valence-corrected chi connectivity index (χ1v) is 9.97. The van der Waals surface area contributed by atoms with Crippen LogP contribution in [0.3, 0.4) is 0 Å². The molecule has 0 saturated heterocycles. The van der Waals surface area contributed by atoms with Gasteiger partial charge < -0.3 is 10.1 Å². The smallest absolute Gasteiger partial charge is 0.271 e. The first-order chi connectivity index (χ1) is 14.9. The topological polar surface area (TPSA) is 79.8 Å². The number of anilines is 1. The molecule has 3 aromatic rings. The van der Waals surface area contributed by atoms with Gasteiger partial charge in [-0.2, -0.15) is 5.10 Å². The van der Waals surface area contributed by atoms with Gasteiger partial charge in [-0.05, 0) is 79.6 Å². The summed E-state index contributed by atoms with van der Waals surface area (Å²) in [7, 11) is 0. The highest BCUT2D eigenvalue weighted by molar-refractivity contribution is 6.30. The lowest BCUT2D eigenvalue weighted by molar-refractivity contribution is -0.118. The van der Waals surface area contributed by atoms with E-state index in [9.17, 15) is 9.59 Å². The van der Waals surface area contributed by atoms with Gasteiger partial charge in [0, 0.05) is 16.3 Å². The molecule has 0 fully saturated rings. The van der Waals surface area contributed by atoms with Crippen molar-refractivity contribution in [1.82, 2.24) is 5.43 Å². The Hall–Kier alpha value is -3.64. The molecule has 0 aliphatic heterocycles. The Morgan fingerprint density at radius 1 is 1.00 bits per heavy atom. The molecule has 0 unspecified atom stereocenters. The molecule has 0 radical (unpaired) electrons. The summed E-state index contributed by atoms with van der Waals surface area (Å²) >= 11 is 5.81. The van der Waals surface area contributed by atoms with E-state index in [1.165, 1.54) is 6.21 Å². The lowest BCUT2D eigenvalue weighted by Crippen LogP contribution is -2.20. The van der Waals surface area contributed by atoms with Gasteiger partial charge in [0.25, 0.3) is 11.8 Å². The third kappa shape index (κ3) is 6.69. The van der Waals surface area contributed by atoms with Gasteiger partial charge in [-0.1, -0.05) is 29.3 Å². The van der Waals surface area contributed by atoms with E-state index in [-0.39, 0.29) is 18.4 Å². The van der Waals surface area contributed by atoms with Crippen LogP contribution >= 0.6 is 11.6 Å². The summed E-state index contributed by atoms with van der Waals surface area (Å²) in [5.74, 6) is -0.0108. The molecule has 6 nitrogen and oxygen atoms in total. The minimum atomic E-state index is -0.331. The number of halogens is 1. The zero-order valence-corrected chi connectivity index (χ0v) is 17.9. The lowest BCUT2D eigenvalue weighted by Gasteiger charge is -2.10. The van der Waals surface area contributed by atoms with Gasteiger partial charge in [0.05, 0.1) is 6.21 Å². The number of carbonyl (C=O) groups excluding carboxylic acids is 2. The molecule has 2 N–H and O–H groups in total. The number of nitrogens with one attached hydrogen (secondary N) is 2. The fraction of sp³-hybridized carbons (Fsp3) is 0.125. The van der Waals surface area contributed by atoms with Crippen LogP contribution in [0.15, 0.2) is 71.8 Å². The molecule has 3 rings (SSSR count). The number of carbonyl (C=O) groups is 2. The molecule has 0 aliphatic rings. The predicted octanol–water partition coefficient (Wildman–Crippen LogP) is 4.74. The third-order valence-electron chi connectivity index (χ3n) is 4.39. The summed E-state index contributed by atoms with van der Waals surface area (Å²) in [5, 5.41) is 7.34. The zero-order chi connectivity index (χ0) is 22.2. The maximum absolute atomic E-state index is 12.1. The molecule has 0 atom stereocenters. The summed E-state index contributed by atoms with van der Waals surface area (Å²) in [5.41, 5.74) is 6.59. The van der Waals surface area contributed by atoms with Gasteiger partial charge in [-0.3, -0.25) is 9.59 Å². The van der Waals surface area contributed by atoms with Crippen LogP contribution in [-0.4, -0.2) is 24.6 Å². The molecule has 31 heavy (non-hydrogen) atoms. The zero-order valence-electron chi connectivity index (χ0n) is 17.2. The number of nitrogens with zero attached hydrogens (tertiary/aromatic N) is 1. The van der Waals surface area contributed by atoms with E-state index in [4.69, 9.17) is 16.3 Å². The molecule has 0 bridgehead atoms. The number of rotatable bonds is 7. The quantitative estimate of drug-likeness (QED) is 0.415. The minimum absolute atomic E-state index is 0.0993. The van der Waals surface area contributed by atoms with Crippen LogP contribution in [0.4, 0.5) is 5.69 Å². The third-order valence-corrected chi connectivity index (χ3v) is 4.64. The second-order valence-corrected chi connectivity index (χ2v) is 7.37. The number of hydrogen-bond donors (Lipinski definition) is 2. The summed E-state index contributed by atoms with van der Waals surface area (Å²) < 4.78 is 5.53. The Bertz CT molecular complexity index is 1090. The van der Waals surface area contributed by atoms with Crippen LogP contribution < -0.4 is 15.5 Å². The second-order valence-electron chi connectivity index (χ2n) is 6.93. The van der Waals surface area contributed by atoms with Crippen LogP contribution in [0.2, 0.25) is 5.02 Å². The fourth-order valence-electron chi connectivity index (χ4n) is 2.77. The van der Waals surface area contributed by atoms with E-state index in [0.717, 1.165) is 22.4 Å². The van der Waals surface area contributed by atoms with Crippen LogP contribution in [0, 0.1) is 13.8 Å². The number of aryl methyl sites for hydroxylation is 2. The van der Waals surface area contributed by atoms with Crippen molar-refractivity contribution in [3.05, 3.63) is 94.0 Å². The first kappa shape index (κ1) is 22.1. The van der Waals surface area contributed by atoms with Crippen LogP contribution in [0.1, 0.15) is 27.0 Å². The number of ether oxygens (including phenoxy) is 1. The van der Waals surface area contributed by atoms with Gasteiger partial charge in [-0.25, -0.2) is 5.43 Å². The number of hydrogen-bond acceptors (Lipinski definition) is 4. The van der Waals surface area contributed by atoms with Crippen molar-refractivity contribution in [2.75, 3.05) is 11.9 Å². The molecular formula is C24H22ClN3O3. The summed E-state index contributed by atoms with van der Waals surface area (Å²) in [4.78, 5) is 24.1. The Morgan fingerprint density at radius 2 is 1.71 bits per heavy atom. The molecule has 3 aromatic carbocycles. The minimum Gasteiger partial charge on any atom is -0.484 e. The fourth-order valence-corrected chi connectivity index (χ4v) is 2.90. The molecule has 0 heterocycles. The normalized spacial score (nSPS) is 10.7. The average Bonchev–Trinajstić information content (AvgIpc) is 2.75. The van der Waals surface area contributed by atoms with E-state index in [1.807, 2.05) is 32.0 Å². The van der Waals surface area contributed by atoms with Gasteiger partial charge in [0.15, 0.2) is 6.61 Å². The van der Waals surface area contributed by atoms with Crippen molar-refractivity contribution in [1.29, 1.82) is 0 Å². The largest absolute Gasteiger partial charge is 0.484 e. The van der Waals surface area contributed by atoms with Gasteiger partial charge >= 0.3 is 0 Å². The highest BCUT2D eigenvalue weighted by Crippen LogP contribution is 2.16. The molecule has 0 saturated carbocycles. The maximum Gasteiger partial charge on any atom is 0.271 e. The molecule has 158 valence electrons. The lowest BCUT2D eigenvalue weighted by atomic mass is 10.1. The Labute approximate surface area is 185 Å². The highest BCUT2D eigenvalue weighted by atomic mass is 35.5.